The van der Waals surface area contributed by atoms with E-state index in [4.69, 9.17) is 0 Å². The Morgan fingerprint density at radius 3 is 2.56 bits per heavy atom. The summed E-state index contributed by atoms with van der Waals surface area (Å²) in [6.07, 6.45) is 1.65. The Balaban J connectivity index is 1.82. The van der Waals surface area contributed by atoms with Crippen LogP contribution in [0.15, 0.2) is 60.8 Å². The number of aryl methyl sites for hydroxylation is 1. The fourth-order valence-electron chi connectivity index (χ4n) is 2.61. The van der Waals surface area contributed by atoms with Crippen molar-refractivity contribution in [2.24, 2.45) is 0 Å². The van der Waals surface area contributed by atoms with Crippen LogP contribution < -0.4 is 10.2 Å². The van der Waals surface area contributed by atoms with E-state index in [9.17, 15) is 0 Å². The Labute approximate surface area is 148 Å². The van der Waals surface area contributed by atoms with Crippen molar-refractivity contribution >= 4 is 17.5 Å². The molecule has 3 rings (SSSR count). The van der Waals surface area contributed by atoms with Crippen LogP contribution in [0.3, 0.4) is 0 Å². The monoisotopic (exact) mass is 333 g/mol. The summed E-state index contributed by atoms with van der Waals surface area (Å²) in [6, 6.07) is 18.8. The van der Waals surface area contributed by atoms with Gasteiger partial charge in [-0.1, -0.05) is 42.5 Å². The predicted octanol–water partition coefficient (Wildman–Crippen LogP) is 4.34. The van der Waals surface area contributed by atoms with Crippen LogP contribution in [0, 0.1) is 6.92 Å². The molecule has 0 fully saturated rings. The molecule has 1 N–H and O–H groups in total. The Kier molecular flexibility index (Phi) is 5.23. The molecule has 0 unspecified atom stereocenters. The fourth-order valence-corrected chi connectivity index (χ4v) is 2.61. The highest BCUT2D eigenvalue weighted by atomic mass is 15.3. The van der Waals surface area contributed by atoms with Gasteiger partial charge in [-0.15, -0.1) is 5.10 Å². The normalized spacial score (nSPS) is 10.7. The van der Waals surface area contributed by atoms with Crippen LogP contribution in [0.25, 0.3) is 0 Å². The lowest BCUT2D eigenvalue weighted by atomic mass is 10.2. The van der Waals surface area contributed by atoms with E-state index >= 15 is 0 Å². The first kappa shape index (κ1) is 16.9. The van der Waals surface area contributed by atoms with Crippen molar-refractivity contribution < 1.29 is 0 Å². The smallest absolute Gasteiger partial charge is 0.247 e. The maximum atomic E-state index is 4.66. The summed E-state index contributed by atoms with van der Waals surface area (Å²) in [4.78, 5) is 6.80. The maximum Gasteiger partial charge on any atom is 0.247 e. The van der Waals surface area contributed by atoms with Gasteiger partial charge < -0.3 is 10.2 Å². The summed E-state index contributed by atoms with van der Waals surface area (Å²) in [5.74, 6) is 1.31. The van der Waals surface area contributed by atoms with Gasteiger partial charge in [0.1, 0.15) is 0 Å². The quantitative estimate of drug-likeness (QED) is 0.727. The van der Waals surface area contributed by atoms with Gasteiger partial charge in [0.05, 0.1) is 6.20 Å². The number of nitrogens with one attached hydrogen (secondary N) is 1. The number of aromatic nitrogens is 3. The molecule has 0 aliphatic rings. The number of rotatable bonds is 6. The van der Waals surface area contributed by atoms with Crippen LogP contribution in [0.4, 0.5) is 17.5 Å². The number of hydrogen-bond acceptors (Lipinski definition) is 5. The topological polar surface area (TPSA) is 53.9 Å². The molecule has 0 aliphatic heterocycles. The second kappa shape index (κ2) is 7.75. The largest absolute Gasteiger partial charge is 0.339 e. The van der Waals surface area contributed by atoms with E-state index in [1.54, 1.807) is 6.20 Å². The van der Waals surface area contributed by atoms with E-state index in [2.05, 4.69) is 70.4 Å². The van der Waals surface area contributed by atoms with Crippen LogP contribution in [0.1, 0.15) is 25.0 Å². The van der Waals surface area contributed by atoms with Gasteiger partial charge in [0, 0.05) is 18.3 Å². The van der Waals surface area contributed by atoms with E-state index < -0.39 is 0 Å². The molecule has 5 heteroatoms. The minimum absolute atomic E-state index is 0.260. The summed E-state index contributed by atoms with van der Waals surface area (Å²) < 4.78 is 0. The minimum atomic E-state index is 0.260. The Morgan fingerprint density at radius 2 is 1.84 bits per heavy atom. The number of anilines is 3. The molecule has 128 valence electrons. The first-order valence-corrected chi connectivity index (χ1v) is 8.46. The lowest BCUT2D eigenvalue weighted by Gasteiger charge is -2.26. The zero-order valence-electron chi connectivity index (χ0n) is 14.8. The molecule has 0 radical (unpaired) electrons. The average Bonchev–Trinajstić information content (AvgIpc) is 2.60. The molecule has 1 heterocycles. The molecule has 25 heavy (non-hydrogen) atoms. The first-order valence-electron chi connectivity index (χ1n) is 8.46. The molecule has 0 saturated heterocycles. The van der Waals surface area contributed by atoms with Gasteiger partial charge >= 0.3 is 0 Å². The van der Waals surface area contributed by atoms with Gasteiger partial charge in [-0.05, 0) is 44.0 Å². The molecule has 0 bridgehead atoms. The van der Waals surface area contributed by atoms with Crippen LogP contribution in [-0.4, -0.2) is 21.2 Å². The second-order valence-corrected chi connectivity index (χ2v) is 6.34. The zero-order valence-corrected chi connectivity index (χ0v) is 14.8. The highest BCUT2D eigenvalue weighted by Crippen LogP contribution is 2.19. The third kappa shape index (κ3) is 4.53. The summed E-state index contributed by atoms with van der Waals surface area (Å²) in [5, 5.41) is 11.7. The molecule has 2 aromatic carbocycles. The van der Waals surface area contributed by atoms with E-state index in [1.165, 1.54) is 11.1 Å². The average molecular weight is 333 g/mol. The molecule has 0 spiro atoms. The lowest BCUT2D eigenvalue weighted by molar-refractivity contribution is 0.653. The van der Waals surface area contributed by atoms with Crippen molar-refractivity contribution in [2.45, 2.75) is 33.4 Å². The van der Waals surface area contributed by atoms with Gasteiger partial charge in [0.25, 0.3) is 0 Å². The SMILES string of the molecule is Cc1cccc(Nc2cnnc(N(Cc3ccccc3)C(C)C)n2)c1. The van der Waals surface area contributed by atoms with Crippen LogP contribution in [0.2, 0.25) is 0 Å². The highest BCUT2D eigenvalue weighted by molar-refractivity contribution is 5.57. The van der Waals surface area contributed by atoms with Crippen molar-refractivity contribution in [3.63, 3.8) is 0 Å². The van der Waals surface area contributed by atoms with Crippen molar-refractivity contribution in [1.82, 2.24) is 15.2 Å². The zero-order chi connectivity index (χ0) is 17.6. The lowest BCUT2D eigenvalue weighted by Crippen LogP contribution is -2.32. The van der Waals surface area contributed by atoms with Gasteiger partial charge in [0.15, 0.2) is 5.82 Å². The van der Waals surface area contributed by atoms with Crippen LogP contribution in [-0.2, 0) is 6.54 Å². The van der Waals surface area contributed by atoms with Crippen molar-refractivity contribution in [3.8, 4) is 0 Å². The Hall–Kier alpha value is -2.95. The molecule has 0 atom stereocenters. The van der Waals surface area contributed by atoms with Gasteiger partial charge in [0.2, 0.25) is 5.95 Å². The molecule has 1 aromatic heterocycles. The molecule has 5 nitrogen and oxygen atoms in total. The second-order valence-electron chi connectivity index (χ2n) is 6.34. The molecular weight excluding hydrogens is 310 g/mol. The van der Waals surface area contributed by atoms with Crippen LogP contribution >= 0.6 is 0 Å². The fraction of sp³-hybridized carbons (Fsp3) is 0.250. The van der Waals surface area contributed by atoms with Crippen molar-refractivity contribution in [2.75, 3.05) is 10.2 Å². The molecule has 3 aromatic rings. The van der Waals surface area contributed by atoms with E-state index in [1.807, 2.05) is 30.3 Å². The van der Waals surface area contributed by atoms with Gasteiger partial charge in [-0.3, -0.25) is 0 Å². The van der Waals surface area contributed by atoms with E-state index in [0.29, 0.717) is 11.8 Å². The first-order chi connectivity index (χ1) is 12.1. The number of hydrogen-bond donors (Lipinski definition) is 1. The standard InChI is InChI=1S/C20H23N5/c1-15(2)25(14-17-9-5-4-6-10-17)20-23-19(13-21-24-20)22-18-11-7-8-16(3)12-18/h4-13,15H,14H2,1-3H3,(H,22,23,24). The summed E-state index contributed by atoms with van der Waals surface area (Å²) in [6.45, 7) is 7.07. The number of nitrogens with zero attached hydrogens (tertiary/aromatic N) is 4. The molecule has 0 saturated carbocycles. The Morgan fingerprint density at radius 1 is 1.04 bits per heavy atom. The molecule has 0 aliphatic carbocycles. The minimum Gasteiger partial charge on any atom is -0.339 e. The summed E-state index contributed by atoms with van der Waals surface area (Å²) >= 11 is 0. The summed E-state index contributed by atoms with van der Waals surface area (Å²) in [5.41, 5.74) is 3.41. The Bertz CT molecular complexity index is 817. The van der Waals surface area contributed by atoms with Gasteiger partial charge in [-0.2, -0.15) is 10.1 Å². The third-order valence-electron chi connectivity index (χ3n) is 3.91. The van der Waals surface area contributed by atoms with E-state index in [0.717, 1.165) is 12.2 Å². The van der Waals surface area contributed by atoms with Gasteiger partial charge in [-0.25, -0.2) is 0 Å². The molecular formula is C20H23N5. The van der Waals surface area contributed by atoms with Crippen molar-refractivity contribution in [3.05, 3.63) is 71.9 Å². The van der Waals surface area contributed by atoms with Crippen molar-refractivity contribution in [1.29, 1.82) is 0 Å². The van der Waals surface area contributed by atoms with Crippen LogP contribution in [0.5, 0.6) is 0 Å². The van der Waals surface area contributed by atoms with E-state index in [-0.39, 0.29) is 6.04 Å². The predicted molar refractivity (Wildman–Crippen MR) is 102 cm³/mol. The number of benzene rings is 2. The summed E-state index contributed by atoms with van der Waals surface area (Å²) in [7, 11) is 0. The highest BCUT2D eigenvalue weighted by Gasteiger charge is 2.15. The third-order valence-corrected chi connectivity index (χ3v) is 3.91. The molecule has 0 amide bonds. The maximum absolute atomic E-state index is 4.66.